The molecule has 0 saturated heterocycles. The Morgan fingerprint density at radius 3 is 2.35 bits per heavy atom. The summed E-state index contributed by atoms with van der Waals surface area (Å²) >= 11 is 0. The van der Waals surface area contributed by atoms with Crippen LogP contribution < -0.4 is 10.9 Å². The summed E-state index contributed by atoms with van der Waals surface area (Å²) in [6.45, 7) is 8.01. The van der Waals surface area contributed by atoms with Crippen LogP contribution in [0.2, 0.25) is 0 Å². The summed E-state index contributed by atoms with van der Waals surface area (Å²) in [4.78, 5) is 30.4. The fourth-order valence-corrected chi connectivity index (χ4v) is 3.84. The van der Waals surface area contributed by atoms with Gasteiger partial charge in [-0.15, -0.1) is 0 Å². The number of amides is 1. The number of aromatic nitrogens is 2. The van der Waals surface area contributed by atoms with E-state index in [-0.39, 0.29) is 11.5 Å². The van der Waals surface area contributed by atoms with Crippen LogP contribution in [0.1, 0.15) is 47.1 Å². The minimum Gasteiger partial charge on any atom is -0.321 e. The second kappa shape index (κ2) is 8.19. The van der Waals surface area contributed by atoms with Crippen molar-refractivity contribution in [2.24, 2.45) is 0 Å². The highest BCUT2D eigenvalue weighted by molar-refractivity contribution is 6.05. The lowest BCUT2D eigenvalue weighted by Gasteiger charge is -2.16. The Morgan fingerprint density at radius 1 is 0.935 bits per heavy atom. The van der Waals surface area contributed by atoms with Crippen LogP contribution in [0.4, 0.5) is 5.69 Å². The van der Waals surface area contributed by atoms with E-state index in [1.165, 1.54) is 0 Å². The van der Waals surface area contributed by atoms with E-state index in [2.05, 4.69) is 24.1 Å². The van der Waals surface area contributed by atoms with E-state index in [9.17, 15) is 9.59 Å². The summed E-state index contributed by atoms with van der Waals surface area (Å²) in [6.07, 6.45) is 0. The number of para-hydroxylation sites is 2. The second-order valence-corrected chi connectivity index (χ2v) is 8.01. The number of anilines is 1. The molecule has 4 rings (SSSR count). The van der Waals surface area contributed by atoms with Crippen molar-refractivity contribution in [3.05, 3.63) is 99.6 Å². The number of fused-ring (bicyclic) bond motifs is 1. The summed E-state index contributed by atoms with van der Waals surface area (Å²) in [7, 11) is 0. The van der Waals surface area contributed by atoms with Gasteiger partial charge in [-0.25, -0.2) is 4.98 Å². The van der Waals surface area contributed by atoms with Gasteiger partial charge in [0.25, 0.3) is 11.5 Å². The zero-order valence-electron chi connectivity index (χ0n) is 18.1. The topological polar surface area (TPSA) is 64.0 Å². The Kier molecular flexibility index (Phi) is 5.42. The number of hydrogen-bond donors (Lipinski definition) is 1. The van der Waals surface area contributed by atoms with Crippen LogP contribution in [0.25, 0.3) is 16.6 Å². The minimum absolute atomic E-state index is 0.123. The standard InChI is InChI=1S/C26H25N3O2/c1-16(2)21-10-7-8-17(3)24(21)28-25(30)19-12-14-20(15-13-19)29-18(4)27-23-11-6-5-9-22(23)26(29)31/h5-16H,1-4H3,(H,28,30). The summed E-state index contributed by atoms with van der Waals surface area (Å²) in [6, 6.07) is 20.4. The Bertz CT molecular complexity index is 1340. The first-order valence-corrected chi connectivity index (χ1v) is 10.4. The highest BCUT2D eigenvalue weighted by Gasteiger charge is 2.14. The van der Waals surface area contributed by atoms with Gasteiger partial charge in [0.15, 0.2) is 0 Å². The van der Waals surface area contributed by atoms with Crippen LogP contribution in [-0.4, -0.2) is 15.5 Å². The maximum absolute atomic E-state index is 13.0. The molecule has 0 spiro atoms. The zero-order valence-corrected chi connectivity index (χ0v) is 18.1. The molecule has 1 N–H and O–H groups in total. The van der Waals surface area contributed by atoms with Gasteiger partial charge in [-0.3, -0.25) is 14.2 Å². The van der Waals surface area contributed by atoms with Gasteiger partial charge in [-0.2, -0.15) is 0 Å². The number of hydrogen-bond acceptors (Lipinski definition) is 3. The highest BCUT2D eigenvalue weighted by atomic mass is 16.1. The van der Waals surface area contributed by atoms with E-state index in [4.69, 9.17) is 0 Å². The molecule has 0 saturated carbocycles. The molecule has 0 aliphatic heterocycles. The molecule has 0 aliphatic rings. The van der Waals surface area contributed by atoms with Crippen molar-refractivity contribution < 1.29 is 4.79 Å². The summed E-state index contributed by atoms with van der Waals surface area (Å²) in [5, 5.41) is 3.63. The molecule has 0 aliphatic carbocycles. The van der Waals surface area contributed by atoms with Crippen LogP contribution >= 0.6 is 0 Å². The fraction of sp³-hybridized carbons (Fsp3) is 0.192. The molecule has 31 heavy (non-hydrogen) atoms. The minimum atomic E-state index is -0.177. The van der Waals surface area contributed by atoms with E-state index >= 15 is 0 Å². The van der Waals surface area contributed by atoms with Gasteiger partial charge in [0.05, 0.1) is 16.6 Å². The van der Waals surface area contributed by atoms with Crippen molar-refractivity contribution in [2.45, 2.75) is 33.6 Å². The van der Waals surface area contributed by atoms with Gasteiger partial charge < -0.3 is 5.32 Å². The van der Waals surface area contributed by atoms with Crippen molar-refractivity contribution in [3.63, 3.8) is 0 Å². The predicted molar refractivity (Wildman–Crippen MR) is 125 cm³/mol. The van der Waals surface area contributed by atoms with Crippen LogP contribution in [0, 0.1) is 13.8 Å². The van der Waals surface area contributed by atoms with Gasteiger partial charge in [0.1, 0.15) is 5.82 Å². The molecule has 0 atom stereocenters. The van der Waals surface area contributed by atoms with Crippen LogP contribution in [-0.2, 0) is 0 Å². The molecule has 1 aromatic heterocycles. The molecule has 0 radical (unpaired) electrons. The molecule has 0 fully saturated rings. The lowest BCUT2D eigenvalue weighted by atomic mass is 9.98. The molecule has 3 aromatic carbocycles. The van der Waals surface area contributed by atoms with Crippen molar-refractivity contribution in [1.29, 1.82) is 0 Å². The Labute approximate surface area is 181 Å². The number of benzene rings is 3. The largest absolute Gasteiger partial charge is 0.321 e. The first-order chi connectivity index (χ1) is 14.9. The Balaban J connectivity index is 1.67. The van der Waals surface area contributed by atoms with Crippen molar-refractivity contribution in [2.75, 3.05) is 5.32 Å². The smallest absolute Gasteiger partial charge is 0.265 e. The van der Waals surface area contributed by atoms with Crippen molar-refractivity contribution in [3.8, 4) is 5.69 Å². The Morgan fingerprint density at radius 2 is 1.65 bits per heavy atom. The number of carbonyl (C=O) groups is 1. The second-order valence-electron chi connectivity index (χ2n) is 8.01. The lowest BCUT2D eigenvalue weighted by molar-refractivity contribution is 0.102. The number of aryl methyl sites for hydroxylation is 2. The normalized spacial score (nSPS) is 11.1. The average Bonchev–Trinajstić information content (AvgIpc) is 2.75. The summed E-state index contributed by atoms with van der Waals surface area (Å²) in [5.74, 6) is 0.721. The van der Waals surface area contributed by atoms with Crippen molar-refractivity contribution >= 4 is 22.5 Å². The SMILES string of the molecule is Cc1cccc(C(C)C)c1NC(=O)c1ccc(-n2c(C)nc3ccccc3c2=O)cc1. The maximum atomic E-state index is 13.0. The number of carbonyl (C=O) groups excluding carboxylic acids is 1. The van der Waals surface area contributed by atoms with Crippen LogP contribution in [0.3, 0.4) is 0 Å². The molecule has 5 nitrogen and oxygen atoms in total. The lowest BCUT2D eigenvalue weighted by Crippen LogP contribution is -2.22. The molecular weight excluding hydrogens is 386 g/mol. The van der Waals surface area contributed by atoms with E-state index < -0.39 is 0 Å². The third-order valence-corrected chi connectivity index (χ3v) is 5.50. The van der Waals surface area contributed by atoms with Gasteiger partial charge in [-0.05, 0) is 67.3 Å². The first-order valence-electron chi connectivity index (χ1n) is 10.4. The summed E-state index contributed by atoms with van der Waals surface area (Å²) < 4.78 is 1.57. The molecule has 4 aromatic rings. The molecular formula is C26H25N3O2. The van der Waals surface area contributed by atoms with E-state index in [1.54, 1.807) is 41.8 Å². The third kappa shape index (κ3) is 3.87. The molecule has 0 bridgehead atoms. The average molecular weight is 412 g/mol. The number of nitrogens with zero attached hydrogens (tertiary/aromatic N) is 2. The van der Waals surface area contributed by atoms with Gasteiger partial charge >= 0.3 is 0 Å². The highest BCUT2D eigenvalue weighted by Crippen LogP contribution is 2.28. The Hall–Kier alpha value is -3.73. The van der Waals surface area contributed by atoms with Gasteiger partial charge in [0, 0.05) is 11.3 Å². The molecule has 0 unspecified atom stereocenters. The van der Waals surface area contributed by atoms with Crippen molar-refractivity contribution in [1.82, 2.24) is 9.55 Å². The molecule has 5 heteroatoms. The molecule has 156 valence electrons. The monoisotopic (exact) mass is 411 g/mol. The van der Waals surface area contributed by atoms with E-state index in [0.717, 1.165) is 16.8 Å². The fourth-order valence-electron chi connectivity index (χ4n) is 3.84. The van der Waals surface area contributed by atoms with Crippen LogP contribution in [0.5, 0.6) is 0 Å². The first kappa shape index (κ1) is 20.5. The zero-order chi connectivity index (χ0) is 22.1. The number of rotatable bonds is 4. The maximum Gasteiger partial charge on any atom is 0.265 e. The van der Waals surface area contributed by atoms with E-state index in [1.807, 2.05) is 43.3 Å². The summed E-state index contributed by atoms with van der Waals surface area (Å²) in [5.41, 5.74) is 4.75. The van der Waals surface area contributed by atoms with Gasteiger partial charge in [-0.1, -0.05) is 44.2 Å². The molecule has 1 amide bonds. The van der Waals surface area contributed by atoms with E-state index in [0.29, 0.717) is 33.9 Å². The number of nitrogens with one attached hydrogen (secondary N) is 1. The third-order valence-electron chi connectivity index (χ3n) is 5.50. The molecule has 1 heterocycles. The quantitative estimate of drug-likeness (QED) is 0.490. The van der Waals surface area contributed by atoms with Gasteiger partial charge in [0.2, 0.25) is 0 Å². The predicted octanol–water partition coefficient (Wildman–Crippen LogP) is 5.38. The van der Waals surface area contributed by atoms with Crippen LogP contribution in [0.15, 0.2) is 71.5 Å².